The van der Waals surface area contributed by atoms with Crippen LogP contribution in [0, 0.1) is 19.8 Å². The van der Waals surface area contributed by atoms with Crippen LogP contribution in [-0.2, 0) is 22.6 Å². The van der Waals surface area contributed by atoms with Crippen LogP contribution >= 0.6 is 0 Å². The average Bonchev–Trinajstić information content (AvgIpc) is 2.86. The summed E-state index contributed by atoms with van der Waals surface area (Å²) in [5, 5.41) is 3.04. The monoisotopic (exact) mass is 472 g/mol. The number of nitrogens with zero attached hydrogens (tertiary/aromatic N) is 1. The van der Waals surface area contributed by atoms with Crippen LogP contribution < -0.4 is 10.1 Å². The van der Waals surface area contributed by atoms with Gasteiger partial charge in [0.1, 0.15) is 11.8 Å². The van der Waals surface area contributed by atoms with Crippen molar-refractivity contribution in [1.82, 2.24) is 10.2 Å². The van der Waals surface area contributed by atoms with Crippen molar-refractivity contribution in [3.8, 4) is 5.75 Å². The lowest BCUT2D eigenvalue weighted by atomic mass is 10.0. The summed E-state index contributed by atoms with van der Waals surface area (Å²) in [7, 11) is 0. The second kappa shape index (κ2) is 12.7. The Hall–Kier alpha value is -3.60. The van der Waals surface area contributed by atoms with Gasteiger partial charge in [-0.1, -0.05) is 86.6 Å². The van der Waals surface area contributed by atoms with Crippen molar-refractivity contribution in [2.45, 2.75) is 46.7 Å². The van der Waals surface area contributed by atoms with E-state index in [0.717, 1.165) is 22.3 Å². The highest BCUT2D eigenvalue weighted by molar-refractivity contribution is 5.88. The minimum absolute atomic E-state index is 0.139. The van der Waals surface area contributed by atoms with E-state index in [1.807, 2.05) is 92.7 Å². The molecule has 0 spiro atoms. The first-order valence-electron chi connectivity index (χ1n) is 12.2. The molecule has 0 saturated carbocycles. The van der Waals surface area contributed by atoms with Crippen molar-refractivity contribution in [3.63, 3.8) is 0 Å². The Bertz CT molecular complexity index is 1100. The summed E-state index contributed by atoms with van der Waals surface area (Å²) < 4.78 is 5.95. The van der Waals surface area contributed by atoms with E-state index in [0.29, 0.717) is 31.2 Å². The molecule has 1 atom stereocenters. The second-order valence-electron chi connectivity index (χ2n) is 9.41. The van der Waals surface area contributed by atoms with Gasteiger partial charge in [0.05, 0.1) is 0 Å². The first-order chi connectivity index (χ1) is 16.8. The third kappa shape index (κ3) is 7.99. The van der Waals surface area contributed by atoms with Gasteiger partial charge in [-0.3, -0.25) is 9.59 Å². The van der Waals surface area contributed by atoms with Crippen molar-refractivity contribution in [3.05, 3.63) is 101 Å². The fourth-order valence-corrected chi connectivity index (χ4v) is 3.84. The van der Waals surface area contributed by atoms with Crippen molar-refractivity contribution >= 4 is 11.8 Å². The molecule has 0 fully saturated rings. The van der Waals surface area contributed by atoms with Crippen molar-refractivity contribution < 1.29 is 14.3 Å². The highest BCUT2D eigenvalue weighted by Crippen LogP contribution is 2.20. The summed E-state index contributed by atoms with van der Waals surface area (Å²) in [6.07, 6.45) is 0.423. The first kappa shape index (κ1) is 26.0. The molecule has 0 bridgehead atoms. The number of ether oxygens (including phenoxy) is 1. The molecule has 2 amide bonds. The number of hydrogen-bond donors (Lipinski definition) is 1. The number of nitrogens with one attached hydrogen (secondary N) is 1. The Kier molecular flexibility index (Phi) is 9.47. The first-order valence-corrected chi connectivity index (χ1v) is 12.2. The number of rotatable bonds is 11. The SMILES string of the molecule is Cc1ccc(C)c(OCC(=O)N(Cc2ccccc2)[C@@H](Cc2ccccc2)C(=O)NCC(C)C)c1. The molecule has 0 saturated heterocycles. The summed E-state index contributed by atoms with van der Waals surface area (Å²) in [4.78, 5) is 28.7. The summed E-state index contributed by atoms with van der Waals surface area (Å²) >= 11 is 0. The third-order valence-corrected chi connectivity index (χ3v) is 5.85. The van der Waals surface area contributed by atoms with Crippen molar-refractivity contribution in [2.24, 2.45) is 5.92 Å². The third-order valence-electron chi connectivity index (χ3n) is 5.85. The summed E-state index contributed by atoms with van der Waals surface area (Å²) in [5.74, 6) is 0.609. The molecule has 3 aromatic carbocycles. The number of hydrogen-bond acceptors (Lipinski definition) is 3. The van der Waals surface area contributed by atoms with Crippen molar-refractivity contribution in [1.29, 1.82) is 0 Å². The quantitative estimate of drug-likeness (QED) is 0.423. The maximum Gasteiger partial charge on any atom is 0.261 e. The van der Waals surface area contributed by atoms with Crippen LogP contribution in [0.15, 0.2) is 78.9 Å². The lowest BCUT2D eigenvalue weighted by molar-refractivity contribution is -0.142. The molecule has 0 aliphatic rings. The Morgan fingerprint density at radius 3 is 2.14 bits per heavy atom. The number of carbonyl (C=O) groups excluding carboxylic acids is 2. The maximum atomic E-state index is 13.6. The standard InChI is InChI=1S/C30H36N2O3/c1-22(2)19-31-30(34)27(18-25-11-7-5-8-12-25)32(20-26-13-9-6-10-14-26)29(33)21-35-28-17-23(3)15-16-24(28)4/h5-17,22,27H,18-21H2,1-4H3,(H,31,34)/t27-/m0/s1. The molecule has 0 aliphatic carbocycles. The largest absolute Gasteiger partial charge is 0.483 e. The fraction of sp³-hybridized carbons (Fsp3) is 0.333. The minimum atomic E-state index is -0.661. The van der Waals surface area contributed by atoms with Gasteiger partial charge >= 0.3 is 0 Å². The van der Waals surface area contributed by atoms with Gasteiger partial charge in [0.2, 0.25) is 5.91 Å². The van der Waals surface area contributed by atoms with Gasteiger partial charge in [-0.15, -0.1) is 0 Å². The van der Waals surface area contributed by atoms with Crippen LogP contribution in [0.25, 0.3) is 0 Å². The highest BCUT2D eigenvalue weighted by atomic mass is 16.5. The van der Waals surface area contributed by atoms with Crippen molar-refractivity contribution in [2.75, 3.05) is 13.2 Å². The molecule has 1 N–H and O–H groups in total. The van der Waals surface area contributed by atoms with E-state index in [4.69, 9.17) is 4.74 Å². The molecule has 0 radical (unpaired) electrons. The molecule has 35 heavy (non-hydrogen) atoms. The molecule has 3 rings (SSSR count). The van der Waals surface area contributed by atoms with E-state index in [9.17, 15) is 9.59 Å². The molecule has 0 aliphatic heterocycles. The fourth-order valence-electron chi connectivity index (χ4n) is 3.84. The van der Waals surface area contributed by atoms with E-state index in [1.54, 1.807) is 4.90 Å². The number of aryl methyl sites for hydroxylation is 2. The smallest absolute Gasteiger partial charge is 0.261 e. The average molecular weight is 473 g/mol. The zero-order valence-corrected chi connectivity index (χ0v) is 21.2. The van der Waals surface area contributed by atoms with Gasteiger partial charge in [0, 0.05) is 19.5 Å². The lowest BCUT2D eigenvalue weighted by Crippen LogP contribution is -2.52. The number of amides is 2. The van der Waals surface area contributed by atoms with Crippen LogP contribution in [0.1, 0.15) is 36.1 Å². The number of benzene rings is 3. The Labute approximate surface area is 209 Å². The zero-order valence-electron chi connectivity index (χ0n) is 21.2. The van der Waals surface area contributed by atoms with E-state index in [2.05, 4.69) is 19.2 Å². The molecule has 0 unspecified atom stereocenters. The topological polar surface area (TPSA) is 58.6 Å². The predicted octanol–water partition coefficient (Wildman–Crippen LogP) is 5.09. The normalized spacial score (nSPS) is 11.7. The van der Waals surface area contributed by atoms with Gasteiger partial charge in [-0.25, -0.2) is 0 Å². The van der Waals surface area contributed by atoms with Crippen LogP contribution in [0.5, 0.6) is 5.75 Å². The minimum Gasteiger partial charge on any atom is -0.483 e. The molecule has 0 heterocycles. The van der Waals surface area contributed by atoms with Gasteiger partial charge < -0.3 is 15.0 Å². The van der Waals surface area contributed by atoms with Crippen LogP contribution in [0.2, 0.25) is 0 Å². The Morgan fingerprint density at radius 2 is 1.51 bits per heavy atom. The maximum absolute atomic E-state index is 13.6. The molecular weight excluding hydrogens is 436 g/mol. The summed E-state index contributed by atoms with van der Waals surface area (Å²) in [6, 6.07) is 24.8. The molecule has 5 nitrogen and oxygen atoms in total. The van der Waals surface area contributed by atoms with E-state index in [1.165, 1.54) is 0 Å². The zero-order chi connectivity index (χ0) is 25.2. The van der Waals surface area contributed by atoms with Crippen LogP contribution in [0.4, 0.5) is 0 Å². The van der Waals surface area contributed by atoms with Gasteiger partial charge in [0.25, 0.3) is 5.91 Å². The predicted molar refractivity (Wildman–Crippen MR) is 140 cm³/mol. The summed E-state index contributed by atoms with van der Waals surface area (Å²) in [5.41, 5.74) is 3.99. The van der Waals surface area contributed by atoms with E-state index in [-0.39, 0.29) is 18.4 Å². The molecule has 184 valence electrons. The molecule has 0 aromatic heterocycles. The van der Waals surface area contributed by atoms with E-state index < -0.39 is 6.04 Å². The Morgan fingerprint density at radius 1 is 0.886 bits per heavy atom. The molecule has 5 heteroatoms. The second-order valence-corrected chi connectivity index (χ2v) is 9.41. The lowest BCUT2D eigenvalue weighted by Gasteiger charge is -2.31. The van der Waals surface area contributed by atoms with Gasteiger partial charge in [-0.05, 0) is 48.1 Å². The van der Waals surface area contributed by atoms with Gasteiger partial charge in [0.15, 0.2) is 6.61 Å². The summed E-state index contributed by atoms with van der Waals surface area (Å²) in [6.45, 7) is 8.79. The van der Waals surface area contributed by atoms with Gasteiger partial charge in [-0.2, -0.15) is 0 Å². The van der Waals surface area contributed by atoms with Crippen LogP contribution in [0.3, 0.4) is 0 Å². The molecule has 3 aromatic rings. The molecular formula is C30H36N2O3. The number of carbonyl (C=O) groups is 2. The highest BCUT2D eigenvalue weighted by Gasteiger charge is 2.30. The van der Waals surface area contributed by atoms with Crippen LogP contribution in [-0.4, -0.2) is 35.9 Å². The van der Waals surface area contributed by atoms with E-state index >= 15 is 0 Å². The Balaban J connectivity index is 1.89.